The first-order chi connectivity index (χ1) is 18.6. The molecule has 0 amide bonds. The van der Waals surface area contributed by atoms with Gasteiger partial charge >= 0.3 is 12.1 Å². The molecule has 218 valence electrons. The predicted octanol–water partition coefficient (Wildman–Crippen LogP) is 3.74. The summed E-state index contributed by atoms with van der Waals surface area (Å²) in [7, 11) is -4.64. The maximum atomic E-state index is 11.7. The fourth-order valence-corrected chi connectivity index (χ4v) is 4.55. The molecule has 0 radical (unpaired) electrons. The first-order valence-corrected chi connectivity index (χ1v) is 15.0. The van der Waals surface area contributed by atoms with Crippen LogP contribution in [0.15, 0.2) is 77.7 Å². The molecule has 3 rings (SSSR count). The molecule has 0 fully saturated rings. The molecule has 14 heteroatoms. The smallest absolute Gasteiger partial charge is 0.490 e. The normalized spacial score (nSPS) is 13.8. The number of aliphatic hydroxyl groups is 1. The van der Waals surface area contributed by atoms with Crippen LogP contribution in [0.1, 0.15) is 28.8 Å². The number of carboxylic acids is 1. The summed E-state index contributed by atoms with van der Waals surface area (Å²) in [6.45, 7) is 0.196. The van der Waals surface area contributed by atoms with E-state index in [0.717, 1.165) is 22.3 Å². The lowest BCUT2D eigenvalue weighted by molar-refractivity contribution is -0.192. The standard InChI is InChI=1S/C24H28N2O5S2.C2HF3O2/c1-32(29)20-11-8-18(9-12-20)21(14-17-6-4-3-5-7-17)25-16-24(28)19-10-13-23(27)22(15-19)26-33(2,30)31;3-2(4,5)1(6)7/h3-13,15,21,24-28H,14,16H2,1-2H3;(H,6,7)/t21?,24-,32?;/m0./s1. The van der Waals surface area contributed by atoms with Crippen LogP contribution in [-0.4, -0.2) is 59.1 Å². The number of anilines is 1. The first-order valence-electron chi connectivity index (χ1n) is 11.6. The molecule has 0 bridgehead atoms. The summed E-state index contributed by atoms with van der Waals surface area (Å²) in [5, 5.41) is 31.2. The summed E-state index contributed by atoms with van der Waals surface area (Å²) in [4.78, 5) is 9.64. The van der Waals surface area contributed by atoms with Gasteiger partial charge in [-0.25, -0.2) is 13.2 Å². The van der Waals surface area contributed by atoms with Gasteiger partial charge in [-0.15, -0.1) is 0 Å². The Morgan fingerprint density at radius 3 is 2.05 bits per heavy atom. The van der Waals surface area contributed by atoms with E-state index in [0.29, 0.717) is 12.0 Å². The van der Waals surface area contributed by atoms with Gasteiger partial charge in [-0.3, -0.25) is 8.93 Å². The van der Waals surface area contributed by atoms with E-state index in [2.05, 4.69) is 10.0 Å². The van der Waals surface area contributed by atoms with Crippen LogP contribution in [0.2, 0.25) is 0 Å². The van der Waals surface area contributed by atoms with Gasteiger partial charge in [0.15, 0.2) is 0 Å². The van der Waals surface area contributed by atoms with Gasteiger partial charge in [0.05, 0.1) is 18.0 Å². The highest BCUT2D eigenvalue weighted by Gasteiger charge is 2.38. The minimum absolute atomic E-state index is 0.0121. The zero-order valence-electron chi connectivity index (χ0n) is 21.4. The Morgan fingerprint density at radius 1 is 1.00 bits per heavy atom. The molecule has 3 aromatic rings. The van der Waals surface area contributed by atoms with Crippen molar-refractivity contribution in [3.8, 4) is 5.75 Å². The summed E-state index contributed by atoms with van der Waals surface area (Å²) < 4.78 is 68.8. The second-order valence-electron chi connectivity index (χ2n) is 8.64. The second-order valence-corrected chi connectivity index (χ2v) is 11.8. The quantitative estimate of drug-likeness (QED) is 0.220. The molecular weight excluding hydrogens is 573 g/mol. The van der Waals surface area contributed by atoms with Gasteiger partial charge < -0.3 is 20.6 Å². The highest BCUT2D eigenvalue weighted by molar-refractivity contribution is 7.92. The van der Waals surface area contributed by atoms with E-state index in [9.17, 15) is 36.0 Å². The molecule has 3 atom stereocenters. The number of halogens is 3. The van der Waals surface area contributed by atoms with E-state index < -0.39 is 39.1 Å². The molecular formula is C26H29F3N2O7S2. The van der Waals surface area contributed by atoms with Crippen LogP contribution < -0.4 is 10.0 Å². The predicted molar refractivity (Wildman–Crippen MR) is 145 cm³/mol. The average Bonchev–Trinajstić information content (AvgIpc) is 2.87. The van der Waals surface area contributed by atoms with E-state index in [1.807, 2.05) is 54.6 Å². The third kappa shape index (κ3) is 11.0. The number of hydrogen-bond donors (Lipinski definition) is 5. The molecule has 5 N–H and O–H groups in total. The third-order valence-electron chi connectivity index (χ3n) is 5.40. The van der Waals surface area contributed by atoms with Crippen LogP contribution in [-0.2, 0) is 32.0 Å². The number of phenolic OH excluding ortho intramolecular Hbond substituents is 1. The highest BCUT2D eigenvalue weighted by atomic mass is 32.2. The number of aromatic hydroxyl groups is 1. The van der Waals surface area contributed by atoms with Crippen molar-refractivity contribution >= 4 is 32.5 Å². The minimum Gasteiger partial charge on any atom is -0.506 e. The van der Waals surface area contributed by atoms with Crippen molar-refractivity contribution in [2.24, 2.45) is 0 Å². The lowest BCUT2D eigenvalue weighted by Crippen LogP contribution is -2.28. The molecule has 40 heavy (non-hydrogen) atoms. The van der Waals surface area contributed by atoms with E-state index in [1.54, 1.807) is 12.3 Å². The number of nitrogens with one attached hydrogen (secondary N) is 2. The van der Waals surface area contributed by atoms with Gasteiger partial charge in [0.25, 0.3) is 0 Å². The number of rotatable bonds is 10. The Kier molecular flexibility index (Phi) is 11.7. The Bertz CT molecular complexity index is 1400. The number of aliphatic carboxylic acids is 1. The summed E-state index contributed by atoms with van der Waals surface area (Å²) in [6.07, 6.45) is -2.72. The molecule has 0 aliphatic heterocycles. The highest BCUT2D eigenvalue weighted by Crippen LogP contribution is 2.28. The fraction of sp³-hybridized carbons (Fsp3) is 0.269. The summed E-state index contributed by atoms with van der Waals surface area (Å²) in [5.74, 6) is -2.98. The van der Waals surface area contributed by atoms with Crippen LogP contribution in [0.5, 0.6) is 5.75 Å². The number of carboxylic acid groups (broad SMARTS) is 1. The van der Waals surface area contributed by atoms with Crippen LogP contribution in [0, 0.1) is 0 Å². The number of alkyl halides is 3. The van der Waals surface area contributed by atoms with Gasteiger partial charge in [-0.1, -0.05) is 48.5 Å². The lowest BCUT2D eigenvalue weighted by Gasteiger charge is -2.22. The molecule has 0 saturated carbocycles. The van der Waals surface area contributed by atoms with Crippen molar-refractivity contribution in [2.45, 2.75) is 29.6 Å². The Hall–Kier alpha value is -3.46. The van der Waals surface area contributed by atoms with Crippen molar-refractivity contribution in [3.63, 3.8) is 0 Å². The third-order valence-corrected chi connectivity index (χ3v) is 6.92. The van der Waals surface area contributed by atoms with Crippen molar-refractivity contribution in [3.05, 3.63) is 89.5 Å². The minimum atomic E-state index is -5.08. The van der Waals surface area contributed by atoms with E-state index >= 15 is 0 Å². The van der Waals surface area contributed by atoms with Crippen LogP contribution in [0.3, 0.4) is 0 Å². The topological polar surface area (TPSA) is 153 Å². The molecule has 0 aromatic heterocycles. The summed E-state index contributed by atoms with van der Waals surface area (Å²) in [6, 6.07) is 21.7. The number of phenols is 1. The summed E-state index contributed by atoms with van der Waals surface area (Å²) >= 11 is 0. The monoisotopic (exact) mass is 602 g/mol. The number of sulfonamides is 1. The maximum Gasteiger partial charge on any atom is 0.490 e. The first kappa shape index (κ1) is 32.8. The molecule has 2 unspecified atom stereocenters. The van der Waals surface area contributed by atoms with Crippen molar-refractivity contribution in [2.75, 3.05) is 23.8 Å². The van der Waals surface area contributed by atoms with Gasteiger partial charge in [0.2, 0.25) is 10.0 Å². The van der Waals surface area contributed by atoms with Crippen LogP contribution in [0.4, 0.5) is 18.9 Å². The molecule has 0 aliphatic rings. The Labute approximate surface area is 232 Å². The second kappa shape index (κ2) is 14.3. The lowest BCUT2D eigenvalue weighted by atomic mass is 9.98. The van der Waals surface area contributed by atoms with Gasteiger partial charge in [0, 0.05) is 34.5 Å². The molecule has 9 nitrogen and oxygen atoms in total. The summed E-state index contributed by atoms with van der Waals surface area (Å²) in [5.41, 5.74) is 2.59. The SMILES string of the molecule is CS(=O)c1ccc(C(Cc2ccccc2)NC[C@H](O)c2ccc(O)c(NS(C)(=O)=O)c2)cc1.O=C(O)C(F)(F)F. The maximum absolute atomic E-state index is 11.7. The van der Waals surface area contributed by atoms with Crippen LogP contribution >= 0.6 is 0 Å². The molecule has 3 aromatic carbocycles. The Balaban J connectivity index is 0.000000708. The van der Waals surface area contributed by atoms with Gasteiger partial charge in [-0.2, -0.15) is 13.2 Å². The van der Waals surface area contributed by atoms with Crippen molar-refractivity contribution in [1.82, 2.24) is 5.32 Å². The fourth-order valence-electron chi connectivity index (χ4n) is 3.46. The van der Waals surface area contributed by atoms with E-state index in [1.165, 1.54) is 12.1 Å². The number of aliphatic hydroxyl groups excluding tert-OH is 1. The number of hydrogen-bond acceptors (Lipinski definition) is 7. The van der Waals surface area contributed by atoms with E-state index in [4.69, 9.17) is 9.90 Å². The average molecular weight is 603 g/mol. The zero-order valence-corrected chi connectivity index (χ0v) is 23.1. The number of carbonyl (C=O) groups is 1. The Morgan fingerprint density at radius 2 is 1.55 bits per heavy atom. The van der Waals surface area contributed by atoms with Gasteiger partial charge in [-0.05, 0) is 47.4 Å². The largest absolute Gasteiger partial charge is 0.506 e. The molecule has 0 saturated heterocycles. The molecule has 0 aliphatic carbocycles. The van der Waals surface area contributed by atoms with Crippen molar-refractivity contribution < 1.29 is 45.9 Å². The van der Waals surface area contributed by atoms with Crippen LogP contribution in [0.25, 0.3) is 0 Å². The van der Waals surface area contributed by atoms with E-state index in [-0.39, 0.29) is 24.0 Å². The molecule has 0 spiro atoms. The number of benzene rings is 3. The molecule has 0 heterocycles. The zero-order chi connectivity index (χ0) is 30.1. The van der Waals surface area contributed by atoms with Crippen molar-refractivity contribution in [1.29, 1.82) is 0 Å². The van der Waals surface area contributed by atoms with Gasteiger partial charge in [0.1, 0.15) is 5.75 Å².